The fraction of sp³-hybridized carbons (Fsp3) is 0.321. The fourth-order valence-corrected chi connectivity index (χ4v) is 4.86. The third kappa shape index (κ3) is 7.35. The van der Waals surface area contributed by atoms with Gasteiger partial charge in [0, 0.05) is 25.4 Å². The van der Waals surface area contributed by atoms with Gasteiger partial charge in [0.15, 0.2) is 5.82 Å². The van der Waals surface area contributed by atoms with Crippen LogP contribution in [0.1, 0.15) is 45.7 Å². The minimum absolute atomic E-state index is 0.0635. The molecule has 0 aliphatic heterocycles. The number of hydrogen-bond acceptors (Lipinski definition) is 8. The Morgan fingerprint density at radius 1 is 1.13 bits per heavy atom. The van der Waals surface area contributed by atoms with Gasteiger partial charge in [0.2, 0.25) is 16.0 Å². The molecule has 2 N–H and O–H groups in total. The Hall–Kier alpha value is -3.47. The number of aromatic nitrogens is 2. The number of allylic oxidation sites excluding steroid dienone is 1. The van der Waals surface area contributed by atoms with Crippen LogP contribution in [-0.4, -0.2) is 48.6 Å². The zero-order valence-corrected chi connectivity index (χ0v) is 25.1. The Morgan fingerprint density at radius 2 is 1.82 bits per heavy atom. The van der Waals surface area contributed by atoms with E-state index in [9.17, 15) is 8.42 Å². The molecule has 1 heterocycles. The molecule has 0 saturated carbocycles. The number of anilines is 4. The third-order valence-electron chi connectivity index (χ3n) is 5.47. The smallest absolute Gasteiger partial charge is 0.244 e. The van der Waals surface area contributed by atoms with E-state index in [1.807, 2.05) is 59.8 Å². The quantitative estimate of drug-likeness (QED) is 0.258. The molecule has 39 heavy (non-hydrogen) atoms. The number of nitrogens with zero attached hydrogens (tertiary/aromatic N) is 4. The number of aryl methyl sites for hydroxylation is 1. The van der Waals surface area contributed by atoms with Crippen LogP contribution >= 0.6 is 11.6 Å². The molecule has 3 rings (SSSR count). The van der Waals surface area contributed by atoms with E-state index in [4.69, 9.17) is 16.3 Å². The lowest BCUT2D eigenvalue weighted by Gasteiger charge is -2.19. The molecule has 0 fully saturated rings. The molecule has 9 nitrogen and oxygen atoms in total. The van der Waals surface area contributed by atoms with Gasteiger partial charge in [-0.05, 0) is 71.4 Å². The second-order valence-corrected chi connectivity index (χ2v) is 12.0. The monoisotopic (exact) mass is 570 g/mol. The highest BCUT2D eigenvalue weighted by atomic mass is 35.5. The van der Waals surface area contributed by atoms with Gasteiger partial charge in [-0.1, -0.05) is 29.8 Å². The van der Waals surface area contributed by atoms with Crippen molar-refractivity contribution < 1.29 is 13.2 Å². The number of hydrogen-bond donors (Lipinski definition) is 2. The topological polar surface area (TPSA) is 109 Å². The lowest BCUT2D eigenvalue weighted by Crippen LogP contribution is -2.23. The number of ether oxygens (including phenoxy) is 1. The van der Waals surface area contributed by atoms with Crippen LogP contribution in [0.15, 0.2) is 58.6 Å². The van der Waals surface area contributed by atoms with E-state index in [0.717, 1.165) is 26.8 Å². The largest absolute Gasteiger partial charge is 0.489 e. The molecule has 0 unspecified atom stereocenters. The Bertz CT molecular complexity index is 1510. The Kier molecular flexibility index (Phi) is 9.71. The molecule has 0 atom stereocenters. The van der Waals surface area contributed by atoms with Crippen LogP contribution in [0.4, 0.5) is 23.1 Å². The molecule has 0 aliphatic carbocycles. The van der Waals surface area contributed by atoms with Crippen LogP contribution < -0.4 is 15.4 Å². The molecule has 0 amide bonds. The summed E-state index contributed by atoms with van der Waals surface area (Å²) < 4.78 is 32.9. The standard InChI is InChI=1S/C28H35ClN6O3S/c1-9-22(31-17(2)3)20-15-24(25(14-19(20)6)38-18(4)5)33-28-30-16-21(29)27(34-28)32-23-12-10-11-13-26(23)39(36,37)35(7)8/h9-16,18H,1-8H3,(H2,30,32,33,34)/b22-9-. The summed E-state index contributed by atoms with van der Waals surface area (Å²) in [5.41, 5.74) is 4.71. The Balaban J connectivity index is 2.06. The summed E-state index contributed by atoms with van der Waals surface area (Å²) in [6.07, 6.45) is 3.34. The lowest BCUT2D eigenvalue weighted by molar-refractivity contribution is 0.243. The summed E-state index contributed by atoms with van der Waals surface area (Å²) in [4.78, 5) is 13.7. The van der Waals surface area contributed by atoms with Gasteiger partial charge in [0.25, 0.3) is 0 Å². The van der Waals surface area contributed by atoms with Gasteiger partial charge >= 0.3 is 0 Å². The molecule has 11 heteroatoms. The number of benzene rings is 2. The van der Waals surface area contributed by atoms with Gasteiger partial charge < -0.3 is 15.4 Å². The van der Waals surface area contributed by atoms with Gasteiger partial charge in [-0.2, -0.15) is 4.98 Å². The number of rotatable bonds is 10. The minimum Gasteiger partial charge on any atom is -0.489 e. The van der Waals surface area contributed by atoms with E-state index in [-0.39, 0.29) is 27.8 Å². The van der Waals surface area contributed by atoms with Gasteiger partial charge in [0.1, 0.15) is 15.7 Å². The van der Waals surface area contributed by atoms with Crippen LogP contribution in [-0.2, 0) is 10.0 Å². The first-order valence-electron chi connectivity index (χ1n) is 12.4. The average molecular weight is 571 g/mol. The van der Waals surface area contributed by atoms with Gasteiger partial charge in [-0.3, -0.25) is 4.99 Å². The molecule has 1 aromatic heterocycles. The molecule has 0 aliphatic rings. The van der Waals surface area contributed by atoms with Crippen molar-refractivity contribution in [1.82, 2.24) is 14.3 Å². The molecule has 0 spiro atoms. The summed E-state index contributed by atoms with van der Waals surface area (Å²) >= 11 is 6.41. The predicted molar refractivity (Wildman–Crippen MR) is 160 cm³/mol. The van der Waals surface area contributed by atoms with E-state index < -0.39 is 10.0 Å². The predicted octanol–water partition coefficient (Wildman–Crippen LogP) is 6.80. The van der Waals surface area contributed by atoms with Crippen molar-refractivity contribution in [2.75, 3.05) is 24.7 Å². The highest BCUT2D eigenvalue weighted by Crippen LogP contribution is 2.35. The Morgan fingerprint density at radius 3 is 2.44 bits per heavy atom. The van der Waals surface area contributed by atoms with Crippen molar-refractivity contribution >= 4 is 56.2 Å². The van der Waals surface area contributed by atoms with Crippen molar-refractivity contribution in [3.63, 3.8) is 0 Å². The highest BCUT2D eigenvalue weighted by Gasteiger charge is 2.22. The normalized spacial score (nSPS) is 12.0. The highest BCUT2D eigenvalue weighted by molar-refractivity contribution is 7.89. The SMILES string of the molecule is C/C=C(\N=C(C)C)c1cc(Nc2ncc(Cl)c(Nc3ccccc3S(=O)(=O)N(C)C)n2)c(OC(C)C)cc1C. The van der Waals surface area contributed by atoms with Crippen molar-refractivity contribution in [2.24, 2.45) is 4.99 Å². The zero-order chi connectivity index (χ0) is 28.9. The molecule has 0 radical (unpaired) electrons. The van der Waals surface area contributed by atoms with Crippen LogP contribution in [0.2, 0.25) is 5.02 Å². The van der Waals surface area contributed by atoms with Crippen molar-refractivity contribution in [3.05, 3.63) is 64.8 Å². The number of halogens is 1. The molecule has 0 bridgehead atoms. The summed E-state index contributed by atoms with van der Waals surface area (Å²) in [5, 5.41) is 6.53. The van der Waals surface area contributed by atoms with E-state index in [2.05, 4.69) is 25.6 Å². The van der Waals surface area contributed by atoms with Crippen LogP contribution in [0.5, 0.6) is 5.75 Å². The molecule has 2 aromatic carbocycles. The van der Waals surface area contributed by atoms with Crippen LogP contribution in [0.3, 0.4) is 0 Å². The van der Waals surface area contributed by atoms with Gasteiger partial charge in [-0.25, -0.2) is 17.7 Å². The summed E-state index contributed by atoms with van der Waals surface area (Å²) in [5.74, 6) is 1.12. The first-order valence-corrected chi connectivity index (χ1v) is 14.2. The first kappa shape index (κ1) is 30.1. The molecular weight excluding hydrogens is 536 g/mol. The van der Waals surface area contributed by atoms with E-state index >= 15 is 0 Å². The Labute approximate surface area is 236 Å². The molecule has 3 aromatic rings. The maximum absolute atomic E-state index is 12.8. The van der Waals surface area contributed by atoms with E-state index in [1.54, 1.807) is 18.2 Å². The summed E-state index contributed by atoms with van der Waals surface area (Å²) in [7, 11) is -0.755. The van der Waals surface area contributed by atoms with Gasteiger partial charge in [0.05, 0.1) is 29.4 Å². The van der Waals surface area contributed by atoms with E-state index in [0.29, 0.717) is 17.1 Å². The summed E-state index contributed by atoms with van der Waals surface area (Å²) in [6.45, 7) is 11.8. The maximum atomic E-state index is 12.8. The molecule has 0 saturated heterocycles. The zero-order valence-electron chi connectivity index (χ0n) is 23.5. The van der Waals surface area contributed by atoms with E-state index in [1.165, 1.54) is 26.4 Å². The van der Waals surface area contributed by atoms with Gasteiger partial charge in [-0.15, -0.1) is 0 Å². The fourth-order valence-electron chi connectivity index (χ4n) is 3.68. The number of para-hydroxylation sites is 1. The lowest BCUT2D eigenvalue weighted by atomic mass is 10.0. The minimum atomic E-state index is -3.71. The van der Waals surface area contributed by atoms with Crippen molar-refractivity contribution in [3.8, 4) is 5.75 Å². The van der Waals surface area contributed by atoms with Crippen molar-refractivity contribution in [2.45, 2.75) is 52.5 Å². The molecular formula is C28H35ClN6O3S. The maximum Gasteiger partial charge on any atom is 0.244 e. The second-order valence-electron chi connectivity index (χ2n) is 9.49. The van der Waals surface area contributed by atoms with Crippen LogP contribution in [0, 0.1) is 6.92 Å². The van der Waals surface area contributed by atoms with Crippen LogP contribution in [0.25, 0.3) is 5.70 Å². The number of aliphatic imine (C=N–C) groups is 1. The number of nitrogens with one attached hydrogen (secondary N) is 2. The molecule has 208 valence electrons. The average Bonchev–Trinajstić information content (AvgIpc) is 2.86. The third-order valence-corrected chi connectivity index (χ3v) is 7.62. The summed E-state index contributed by atoms with van der Waals surface area (Å²) in [6, 6.07) is 10.5. The number of sulfonamides is 1. The second kappa shape index (κ2) is 12.6. The first-order chi connectivity index (χ1) is 18.3. The van der Waals surface area contributed by atoms with Crippen molar-refractivity contribution in [1.29, 1.82) is 0 Å².